The molecule has 19 heavy (non-hydrogen) atoms. The van der Waals surface area contributed by atoms with Crippen LogP contribution in [0.15, 0.2) is 21.7 Å². The number of thiophene rings is 1. The van der Waals surface area contributed by atoms with Crippen molar-refractivity contribution in [3.8, 4) is 0 Å². The first-order chi connectivity index (χ1) is 9.08. The van der Waals surface area contributed by atoms with Gasteiger partial charge in [-0.25, -0.2) is 0 Å². The van der Waals surface area contributed by atoms with Crippen LogP contribution in [0.5, 0.6) is 0 Å². The van der Waals surface area contributed by atoms with Gasteiger partial charge in [0.15, 0.2) is 0 Å². The zero-order valence-corrected chi connectivity index (χ0v) is 13.1. The molecule has 0 aromatic carbocycles. The number of hydrogen-bond acceptors (Lipinski definition) is 5. The molecule has 1 N–H and O–H groups in total. The van der Waals surface area contributed by atoms with E-state index in [2.05, 4.69) is 0 Å². The van der Waals surface area contributed by atoms with E-state index < -0.39 is 5.97 Å². The molecule has 1 aliphatic rings. The van der Waals surface area contributed by atoms with Crippen LogP contribution in [0.2, 0.25) is 0 Å². The molecule has 0 bridgehead atoms. The summed E-state index contributed by atoms with van der Waals surface area (Å²) in [5.41, 5.74) is 1.12. The highest BCUT2D eigenvalue weighted by Gasteiger charge is 2.28. The van der Waals surface area contributed by atoms with Crippen LogP contribution in [0.25, 0.3) is 6.08 Å². The Kier molecular flexibility index (Phi) is 5.09. The highest BCUT2D eigenvalue weighted by Crippen LogP contribution is 2.34. The van der Waals surface area contributed by atoms with Crippen LogP contribution in [-0.4, -0.2) is 31.8 Å². The molecule has 0 spiro atoms. The Morgan fingerprint density at radius 3 is 2.89 bits per heavy atom. The highest BCUT2D eigenvalue weighted by molar-refractivity contribution is 8.27. The number of aliphatic carboxylic acids is 1. The van der Waals surface area contributed by atoms with Gasteiger partial charge in [-0.05, 0) is 34.9 Å². The van der Waals surface area contributed by atoms with E-state index in [0.717, 1.165) is 10.5 Å². The molecule has 1 aliphatic heterocycles. The zero-order chi connectivity index (χ0) is 13.8. The molecule has 1 fully saturated rings. The summed E-state index contributed by atoms with van der Waals surface area (Å²) in [7, 11) is 0. The third-order valence-corrected chi connectivity index (χ3v) is 5.15. The van der Waals surface area contributed by atoms with E-state index in [0.29, 0.717) is 22.3 Å². The number of carbonyl (C=O) groups is 1. The minimum absolute atomic E-state index is 0.135. The van der Waals surface area contributed by atoms with Crippen LogP contribution in [0.3, 0.4) is 0 Å². The first-order valence-corrected chi connectivity index (χ1v) is 8.15. The maximum atomic E-state index is 10.5. The second kappa shape index (κ2) is 6.60. The van der Waals surface area contributed by atoms with Gasteiger partial charge in [0, 0.05) is 13.0 Å². The van der Waals surface area contributed by atoms with Crippen molar-refractivity contribution in [2.45, 2.75) is 12.8 Å². The van der Waals surface area contributed by atoms with E-state index in [1.165, 1.54) is 11.8 Å². The Hall–Kier alpha value is -0.760. The molecule has 2 rings (SSSR count). The van der Waals surface area contributed by atoms with Crippen molar-refractivity contribution in [2.24, 2.45) is 0 Å². The monoisotopic (exact) mass is 329 g/mol. The van der Waals surface area contributed by atoms with Crippen molar-refractivity contribution in [3.63, 3.8) is 0 Å². The number of thioether (sulfide) groups is 1. The molecule has 1 aromatic heterocycles. The van der Waals surface area contributed by atoms with Crippen molar-refractivity contribution < 1.29 is 9.90 Å². The third kappa shape index (κ3) is 3.85. The second-order valence-corrected chi connectivity index (χ2v) is 6.73. The number of hydrogen-bond donors (Lipinski definition) is 1. The summed E-state index contributed by atoms with van der Waals surface area (Å²) in [6.45, 7) is 0.567. The summed E-state index contributed by atoms with van der Waals surface area (Å²) in [5.74, 6) is -0.794. The summed E-state index contributed by atoms with van der Waals surface area (Å²) in [4.78, 5) is 14.0. The standard InChI is InChI=1S/C12H11NO2S4/c14-10(15)2-1-4-13-11(16)9(19-12(13)17)6-8-3-5-18-7-8/h3,5-7H,1-2,4H2,(H,14,15)/b9-6+. The SMILES string of the molecule is O=C(O)CCCN1C(=S)S/C(=C/c2ccsc2)C1=S. The topological polar surface area (TPSA) is 40.5 Å². The molecule has 7 heteroatoms. The normalized spacial score (nSPS) is 17.5. The van der Waals surface area contributed by atoms with Crippen molar-refractivity contribution in [1.82, 2.24) is 4.90 Å². The maximum absolute atomic E-state index is 10.5. The van der Waals surface area contributed by atoms with Crippen LogP contribution < -0.4 is 0 Å². The lowest BCUT2D eigenvalue weighted by atomic mass is 10.3. The van der Waals surface area contributed by atoms with E-state index >= 15 is 0 Å². The van der Waals surface area contributed by atoms with Crippen LogP contribution in [0.4, 0.5) is 0 Å². The van der Waals surface area contributed by atoms with E-state index in [9.17, 15) is 4.79 Å². The summed E-state index contributed by atoms with van der Waals surface area (Å²) in [5, 5.41) is 12.7. The molecule has 2 heterocycles. The molecule has 0 unspecified atom stereocenters. The van der Waals surface area contributed by atoms with E-state index in [-0.39, 0.29) is 6.42 Å². The predicted octanol–water partition coefficient (Wildman–Crippen LogP) is 3.61. The zero-order valence-electron chi connectivity index (χ0n) is 9.87. The molecule has 0 radical (unpaired) electrons. The van der Waals surface area contributed by atoms with Gasteiger partial charge in [0.2, 0.25) is 0 Å². The van der Waals surface area contributed by atoms with Gasteiger partial charge >= 0.3 is 5.97 Å². The van der Waals surface area contributed by atoms with Gasteiger partial charge in [-0.3, -0.25) is 4.79 Å². The second-order valence-electron chi connectivity index (χ2n) is 3.89. The molecular formula is C12H11NO2S4. The van der Waals surface area contributed by atoms with Crippen LogP contribution in [0.1, 0.15) is 18.4 Å². The molecular weight excluding hydrogens is 318 g/mol. The number of nitrogens with zero attached hydrogens (tertiary/aromatic N) is 1. The fraction of sp³-hybridized carbons (Fsp3) is 0.250. The number of carboxylic acid groups (broad SMARTS) is 1. The molecule has 100 valence electrons. The first kappa shape index (κ1) is 14.6. The van der Waals surface area contributed by atoms with Crippen molar-refractivity contribution in [2.75, 3.05) is 6.54 Å². The summed E-state index contributed by atoms with van der Waals surface area (Å²) in [6, 6.07) is 2.02. The lowest BCUT2D eigenvalue weighted by Crippen LogP contribution is -2.28. The summed E-state index contributed by atoms with van der Waals surface area (Å²) >= 11 is 13.8. The Labute approximate surface area is 130 Å². The average Bonchev–Trinajstić information content (AvgIpc) is 2.93. The largest absolute Gasteiger partial charge is 0.481 e. The highest BCUT2D eigenvalue weighted by atomic mass is 32.2. The molecule has 1 aromatic rings. The van der Waals surface area contributed by atoms with Gasteiger partial charge in [0.05, 0.1) is 4.91 Å². The Morgan fingerprint density at radius 1 is 1.47 bits per heavy atom. The van der Waals surface area contributed by atoms with E-state index in [1.54, 1.807) is 11.3 Å². The lowest BCUT2D eigenvalue weighted by Gasteiger charge is -2.15. The quantitative estimate of drug-likeness (QED) is 0.657. The Morgan fingerprint density at radius 2 is 2.26 bits per heavy atom. The van der Waals surface area contributed by atoms with Crippen molar-refractivity contribution >= 4 is 68.9 Å². The smallest absolute Gasteiger partial charge is 0.303 e. The average molecular weight is 329 g/mol. The van der Waals surface area contributed by atoms with Crippen molar-refractivity contribution in [3.05, 3.63) is 27.3 Å². The fourth-order valence-corrected chi connectivity index (χ4v) is 4.02. The van der Waals surface area contributed by atoms with Gasteiger partial charge in [-0.2, -0.15) is 11.3 Å². The molecule has 1 saturated heterocycles. The third-order valence-electron chi connectivity index (χ3n) is 2.49. The van der Waals surface area contributed by atoms with Gasteiger partial charge in [-0.15, -0.1) is 0 Å². The Bertz CT molecular complexity index is 536. The molecule has 0 saturated carbocycles. The summed E-state index contributed by atoms with van der Waals surface area (Å²) in [6.07, 6.45) is 2.70. The van der Waals surface area contributed by atoms with Gasteiger partial charge < -0.3 is 10.0 Å². The number of thiocarbonyl (C=S) groups is 2. The maximum Gasteiger partial charge on any atom is 0.303 e. The fourth-order valence-electron chi connectivity index (χ4n) is 1.59. The van der Waals surface area contributed by atoms with Crippen LogP contribution in [0, 0.1) is 0 Å². The minimum atomic E-state index is -0.794. The molecule has 0 atom stereocenters. The van der Waals surface area contributed by atoms with E-state index in [4.69, 9.17) is 29.5 Å². The first-order valence-electron chi connectivity index (χ1n) is 5.57. The van der Waals surface area contributed by atoms with Crippen molar-refractivity contribution in [1.29, 1.82) is 0 Å². The minimum Gasteiger partial charge on any atom is -0.481 e. The molecule has 3 nitrogen and oxygen atoms in total. The van der Waals surface area contributed by atoms with Crippen LogP contribution in [-0.2, 0) is 4.79 Å². The predicted molar refractivity (Wildman–Crippen MR) is 88.7 cm³/mol. The van der Waals surface area contributed by atoms with Gasteiger partial charge in [-0.1, -0.05) is 36.2 Å². The molecule has 0 amide bonds. The van der Waals surface area contributed by atoms with E-state index in [1.807, 2.05) is 27.8 Å². The lowest BCUT2D eigenvalue weighted by molar-refractivity contribution is -0.137. The summed E-state index contributed by atoms with van der Waals surface area (Å²) < 4.78 is 0.705. The Balaban J connectivity index is 2.02. The number of rotatable bonds is 5. The number of carboxylic acids is 1. The van der Waals surface area contributed by atoms with Gasteiger partial charge in [0.1, 0.15) is 9.31 Å². The van der Waals surface area contributed by atoms with Gasteiger partial charge in [0.25, 0.3) is 0 Å². The molecule has 0 aliphatic carbocycles. The van der Waals surface area contributed by atoms with Crippen LogP contribution >= 0.6 is 47.5 Å².